The van der Waals surface area contributed by atoms with E-state index in [1.165, 1.54) is 21.5 Å². The van der Waals surface area contributed by atoms with E-state index in [1.54, 1.807) is 0 Å². The van der Waals surface area contributed by atoms with Crippen LogP contribution in [0.4, 0.5) is 0 Å². The summed E-state index contributed by atoms with van der Waals surface area (Å²) < 4.78 is 11.5. The second-order valence-corrected chi connectivity index (χ2v) is 15.0. The summed E-state index contributed by atoms with van der Waals surface area (Å²) in [5.41, 5.74) is 9.93. The second kappa shape index (κ2) is 11.4. The van der Waals surface area contributed by atoms with Gasteiger partial charge in [-0.2, -0.15) is 0 Å². The first-order valence-corrected chi connectivity index (χ1v) is 19.3. The Morgan fingerprint density at radius 2 is 1.05 bits per heavy atom. The molecule has 9 aromatic carbocycles. The minimum atomic E-state index is 0.625. The molecule has 0 radical (unpaired) electrons. The molecule has 13 rings (SSSR count). The van der Waals surface area contributed by atoms with E-state index in [4.69, 9.17) is 14.4 Å². The van der Waals surface area contributed by atoms with Crippen molar-refractivity contribution in [3.05, 3.63) is 182 Å². The van der Waals surface area contributed by atoms with Crippen molar-refractivity contribution < 1.29 is 4.42 Å². The molecule has 0 saturated carbocycles. The molecule has 264 valence electrons. The number of nitrogens with zero attached hydrogens (tertiary/aromatic N) is 4. The minimum absolute atomic E-state index is 0.625. The van der Waals surface area contributed by atoms with Crippen LogP contribution in [0.2, 0.25) is 0 Å². The molecular weight excluding hydrogens is 697 g/mol. The van der Waals surface area contributed by atoms with Crippen LogP contribution in [0.25, 0.3) is 121 Å². The summed E-state index contributed by atoms with van der Waals surface area (Å²) in [4.78, 5) is 10.9. The molecule has 0 fully saturated rings. The molecule has 0 spiro atoms. The van der Waals surface area contributed by atoms with Crippen molar-refractivity contribution in [3.63, 3.8) is 0 Å². The summed E-state index contributed by atoms with van der Waals surface area (Å²) in [6.07, 6.45) is 0. The zero-order chi connectivity index (χ0) is 37.2. The molecule has 5 nitrogen and oxygen atoms in total. The molecule has 0 atom stereocenters. The van der Waals surface area contributed by atoms with E-state index in [1.807, 2.05) is 6.07 Å². The van der Waals surface area contributed by atoms with Crippen molar-refractivity contribution in [2.45, 2.75) is 0 Å². The quantitative estimate of drug-likeness (QED) is 0.182. The van der Waals surface area contributed by atoms with E-state index in [-0.39, 0.29) is 0 Å². The van der Waals surface area contributed by atoms with Crippen molar-refractivity contribution in [1.29, 1.82) is 0 Å². The van der Waals surface area contributed by atoms with Gasteiger partial charge in [-0.25, -0.2) is 9.97 Å². The van der Waals surface area contributed by atoms with E-state index >= 15 is 0 Å². The van der Waals surface area contributed by atoms with Crippen LogP contribution in [0.5, 0.6) is 0 Å². The van der Waals surface area contributed by atoms with Crippen LogP contribution >= 0.6 is 0 Å². The first-order chi connectivity index (χ1) is 28.3. The molecular formula is C52H30N4O. The third-order valence-electron chi connectivity index (χ3n) is 11.9. The zero-order valence-corrected chi connectivity index (χ0v) is 30.5. The predicted molar refractivity (Wildman–Crippen MR) is 236 cm³/mol. The Hall–Kier alpha value is -7.76. The Morgan fingerprint density at radius 1 is 0.404 bits per heavy atom. The number of benzene rings is 9. The monoisotopic (exact) mass is 726 g/mol. The van der Waals surface area contributed by atoms with Crippen molar-refractivity contribution >= 4 is 98.0 Å². The van der Waals surface area contributed by atoms with Crippen molar-refractivity contribution in [2.75, 3.05) is 0 Å². The van der Waals surface area contributed by atoms with Gasteiger partial charge in [-0.05, 0) is 70.1 Å². The number of para-hydroxylation sites is 3. The van der Waals surface area contributed by atoms with Gasteiger partial charge in [0.05, 0.1) is 38.7 Å². The fraction of sp³-hybridized carbons (Fsp3) is 0. The van der Waals surface area contributed by atoms with Crippen molar-refractivity contribution in [2.24, 2.45) is 0 Å². The highest BCUT2D eigenvalue weighted by Gasteiger charge is 2.25. The van der Waals surface area contributed by atoms with Gasteiger partial charge < -0.3 is 8.98 Å². The normalized spacial score (nSPS) is 12.2. The lowest BCUT2D eigenvalue weighted by Gasteiger charge is -2.14. The Morgan fingerprint density at radius 3 is 1.91 bits per heavy atom. The minimum Gasteiger partial charge on any atom is -0.455 e. The van der Waals surface area contributed by atoms with Gasteiger partial charge in [-0.3, -0.25) is 4.57 Å². The molecule has 0 saturated heterocycles. The smallest absolute Gasteiger partial charge is 0.235 e. The van der Waals surface area contributed by atoms with E-state index < -0.39 is 0 Å². The maximum absolute atomic E-state index is 6.78. The van der Waals surface area contributed by atoms with E-state index in [0.29, 0.717) is 5.95 Å². The molecule has 0 aliphatic rings. The van der Waals surface area contributed by atoms with E-state index in [2.05, 4.69) is 185 Å². The van der Waals surface area contributed by atoms with Gasteiger partial charge in [0.2, 0.25) is 5.95 Å². The molecule has 0 bridgehead atoms. The molecule has 0 N–H and O–H groups in total. The average molecular weight is 727 g/mol. The molecule has 0 amide bonds. The summed E-state index contributed by atoms with van der Waals surface area (Å²) in [5.74, 6) is 0.625. The first kappa shape index (κ1) is 30.6. The van der Waals surface area contributed by atoms with Gasteiger partial charge in [0, 0.05) is 43.6 Å². The third kappa shape index (κ3) is 4.28. The average Bonchev–Trinajstić information content (AvgIpc) is 3.93. The highest BCUT2D eigenvalue weighted by Crippen LogP contribution is 2.45. The Labute approximate surface area is 325 Å². The largest absolute Gasteiger partial charge is 0.455 e. The number of fused-ring (bicyclic) bond motifs is 14. The molecule has 0 unspecified atom stereocenters. The molecule has 0 aliphatic carbocycles. The molecule has 57 heavy (non-hydrogen) atoms. The molecule has 13 aromatic rings. The number of furan rings is 1. The van der Waals surface area contributed by atoms with Crippen LogP contribution in [0, 0.1) is 0 Å². The van der Waals surface area contributed by atoms with Gasteiger partial charge in [0.1, 0.15) is 11.2 Å². The van der Waals surface area contributed by atoms with Crippen LogP contribution in [-0.2, 0) is 0 Å². The highest BCUT2D eigenvalue weighted by atomic mass is 16.3. The Bertz CT molecular complexity index is 3830. The SMILES string of the molecule is c1ccc2cc(-c3nc(-n4c5ccccc5c5ccc6c7c8oc9ccccc9c8ccc7n(-c7ccc8ccccc8c7)c6c54)nc4ccccc34)ccc2c1. The fourth-order valence-electron chi connectivity index (χ4n) is 9.33. The van der Waals surface area contributed by atoms with Crippen LogP contribution in [0.3, 0.4) is 0 Å². The van der Waals surface area contributed by atoms with E-state index in [9.17, 15) is 0 Å². The van der Waals surface area contributed by atoms with Gasteiger partial charge in [-0.1, -0.05) is 133 Å². The van der Waals surface area contributed by atoms with Gasteiger partial charge >= 0.3 is 0 Å². The molecule has 4 heterocycles. The second-order valence-electron chi connectivity index (χ2n) is 15.0. The maximum Gasteiger partial charge on any atom is 0.235 e. The number of hydrogen-bond donors (Lipinski definition) is 0. The summed E-state index contributed by atoms with van der Waals surface area (Å²) in [6, 6.07) is 64.8. The predicted octanol–water partition coefficient (Wildman–Crippen LogP) is 13.7. The Balaban J connectivity index is 1.22. The fourth-order valence-corrected chi connectivity index (χ4v) is 9.33. The van der Waals surface area contributed by atoms with Gasteiger partial charge in [0.15, 0.2) is 0 Å². The molecule has 0 aliphatic heterocycles. The zero-order valence-electron chi connectivity index (χ0n) is 30.5. The van der Waals surface area contributed by atoms with Crippen LogP contribution < -0.4 is 0 Å². The van der Waals surface area contributed by atoms with Crippen molar-refractivity contribution in [1.82, 2.24) is 19.1 Å². The molecule has 4 aromatic heterocycles. The number of rotatable bonds is 3. The summed E-state index contributed by atoms with van der Waals surface area (Å²) in [7, 11) is 0. The lowest BCUT2D eigenvalue weighted by molar-refractivity contribution is 0.673. The topological polar surface area (TPSA) is 48.8 Å². The number of aromatic nitrogens is 4. The van der Waals surface area contributed by atoms with Crippen molar-refractivity contribution in [3.8, 4) is 22.9 Å². The number of hydrogen-bond acceptors (Lipinski definition) is 3. The van der Waals surface area contributed by atoms with Gasteiger partial charge in [0.25, 0.3) is 0 Å². The summed E-state index contributed by atoms with van der Waals surface area (Å²) in [6.45, 7) is 0. The van der Waals surface area contributed by atoms with Crippen LogP contribution in [0.15, 0.2) is 186 Å². The summed E-state index contributed by atoms with van der Waals surface area (Å²) in [5, 5.41) is 12.5. The summed E-state index contributed by atoms with van der Waals surface area (Å²) >= 11 is 0. The van der Waals surface area contributed by atoms with Crippen LogP contribution in [-0.4, -0.2) is 19.1 Å². The standard InChI is InChI=1S/C52H30N4O/c1-3-13-33-29-35(22-21-31(33)11-1)48-41-17-5-8-18-43(41)53-52(54-48)56-44-19-9-6-15-37(44)39-25-26-42-47-45(28-27-40-38-16-7-10-20-46(38)57-51(40)47)55(50(42)49(39)56)36-24-23-32-12-2-4-14-34(32)30-36/h1-30H. The lowest BCUT2D eigenvalue weighted by Crippen LogP contribution is -2.04. The highest BCUT2D eigenvalue weighted by molar-refractivity contribution is 6.29. The maximum atomic E-state index is 6.78. The first-order valence-electron chi connectivity index (χ1n) is 19.3. The van der Waals surface area contributed by atoms with E-state index in [0.717, 1.165) is 93.4 Å². The van der Waals surface area contributed by atoms with Gasteiger partial charge in [-0.15, -0.1) is 0 Å². The molecule has 5 heteroatoms. The third-order valence-corrected chi connectivity index (χ3v) is 11.9. The lowest BCUT2D eigenvalue weighted by atomic mass is 10.0. The van der Waals surface area contributed by atoms with Crippen LogP contribution in [0.1, 0.15) is 0 Å². The Kier molecular flexibility index (Phi) is 6.10.